The van der Waals surface area contributed by atoms with Crippen molar-refractivity contribution in [1.82, 2.24) is 5.32 Å². The lowest BCUT2D eigenvalue weighted by atomic mass is 10.1. The Labute approximate surface area is 130 Å². The number of ether oxygens (including phenoxy) is 2. The molecule has 1 aromatic rings. The van der Waals surface area contributed by atoms with Crippen molar-refractivity contribution in [2.45, 2.75) is 51.4 Å². The van der Waals surface area contributed by atoms with Crippen LogP contribution in [0.15, 0.2) is 28.7 Å². The molecule has 4 heteroatoms. The maximum Gasteiger partial charge on any atom is 0.120 e. The van der Waals surface area contributed by atoms with E-state index in [1.165, 1.54) is 0 Å². The molecule has 1 aromatic carbocycles. The molecule has 0 aromatic heterocycles. The predicted octanol–water partition coefficient (Wildman–Crippen LogP) is 3.76. The van der Waals surface area contributed by atoms with Crippen LogP contribution in [-0.4, -0.2) is 30.9 Å². The van der Waals surface area contributed by atoms with Gasteiger partial charge < -0.3 is 14.8 Å². The first kappa shape index (κ1) is 15.8. The molecule has 2 unspecified atom stereocenters. The summed E-state index contributed by atoms with van der Waals surface area (Å²) in [4.78, 5) is 0. The lowest BCUT2D eigenvalue weighted by molar-refractivity contribution is 0.0162. The van der Waals surface area contributed by atoms with E-state index in [9.17, 15) is 0 Å². The predicted molar refractivity (Wildman–Crippen MR) is 85.3 cm³/mol. The van der Waals surface area contributed by atoms with Gasteiger partial charge in [0.1, 0.15) is 12.4 Å². The fourth-order valence-electron chi connectivity index (χ4n) is 2.22. The molecule has 1 saturated heterocycles. The van der Waals surface area contributed by atoms with Gasteiger partial charge in [0.15, 0.2) is 0 Å². The zero-order chi connectivity index (χ0) is 14.6. The van der Waals surface area contributed by atoms with Crippen molar-refractivity contribution < 1.29 is 9.47 Å². The molecule has 0 spiro atoms. The van der Waals surface area contributed by atoms with Gasteiger partial charge in [0.25, 0.3) is 0 Å². The number of halogens is 1. The first-order valence-electron chi connectivity index (χ1n) is 7.21. The fourth-order valence-corrected chi connectivity index (χ4v) is 2.60. The molecule has 1 heterocycles. The van der Waals surface area contributed by atoms with Crippen LogP contribution in [0.5, 0.6) is 5.75 Å². The third-order valence-corrected chi connectivity index (χ3v) is 3.78. The van der Waals surface area contributed by atoms with Gasteiger partial charge in [-0.15, -0.1) is 0 Å². The van der Waals surface area contributed by atoms with Crippen LogP contribution in [0, 0.1) is 0 Å². The monoisotopic (exact) mass is 341 g/mol. The van der Waals surface area contributed by atoms with Crippen LogP contribution in [0.2, 0.25) is 0 Å². The normalized spacial score (nSPS) is 23.0. The molecule has 1 N–H and O–H groups in total. The third-order valence-electron chi connectivity index (χ3n) is 3.29. The summed E-state index contributed by atoms with van der Waals surface area (Å²) in [5.74, 6) is 0.888. The Morgan fingerprint density at radius 2 is 2.05 bits per heavy atom. The standard InChI is InChI=1S/C16H24BrNO2/c1-16(2,3)18-10-14-7-8-15(20-14)11-19-13-6-4-5-12(17)9-13/h4-6,9,14-15,18H,7-8,10-11H2,1-3H3. The van der Waals surface area contributed by atoms with Gasteiger partial charge in [0.2, 0.25) is 0 Å². The lowest BCUT2D eigenvalue weighted by Crippen LogP contribution is -2.41. The second kappa shape index (κ2) is 6.92. The summed E-state index contributed by atoms with van der Waals surface area (Å²) in [7, 11) is 0. The summed E-state index contributed by atoms with van der Waals surface area (Å²) >= 11 is 3.44. The van der Waals surface area contributed by atoms with Crippen molar-refractivity contribution in [3.05, 3.63) is 28.7 Å². The Kier molecular flexibility index (Phi) is 5.47. The molecule has 0 amide bonds. The molecule has 1 fully saturated rings. The third kappa shape index (κ3) is 5.43. The van der Waals surface area contributed by atoms with Crippen LogP contribution < -0.4 is 10.1 Å². The highest BCUT2D eigenvalue weighted by Crippen LogP contribution is 2.22. The molecule has 0 saturated carbocycles. The second-order valence-corrected chi connectivity index (χ2v) is 7.27. The second-order valence-electron chi connectivity index (χ2n) is 6.36. The summed E-state index contributed by atoms with van der Waals surface area (Å²) in [5, 5.41) is 3.49. The molecule has 3 nitrogen and oxygen atoms in total. The molecule has 0 radical (unpaired) electrons. The Morgan fingerprint density at radius 1 is 1.30 bits per heavy atom. The molecule has 0 bridgehead atoms. The first-order chi connectivity index (χ1) is 9.42. The average Bonchev–Trinajstić information content (AvgIpc) is 2.81. The molecular weight excluding hydrogens is 318 g/mol. The molecular formula is C16H24BrNO2. The van der Waals surface area contributed by atoms with E-state index in [2.05, 4.69) is 42.0 Å². The van der Waals surface area contributed by atoms with Crippen molar-refractivity contribution in [2.75, 3.05) is 13.2 Å². The van der Waals surface area contributed by atoms with E-state index in [-0.39, 0.29) is 11.6 Å². The number of nitrogens with one attached hydrogen (secondary N) is 1. The Bertz CT molecular complexity index is 431. The summed E-state index contributed by atoms with van der Waals surface area (Å²) in [6, 6.07) is 7.92. The van der Waals surface area contributed by atoms with Gasteiger partial charge in [-0.1, -0.05) is 22.0 Å². The van der Waals surface area contributed by atoms with E-state index < -0.39 is 0 Å². The minimum Gasteiger partial charge on any atom is -0.491 e. The largest absolute Gasteiger partial charge is 0.491 e. The van der Waals surface area contributed by atoms with Gasteiger partial charge >= 0.3 is 0 Å². The molecule has 2 rings (SSSR count). The fraction of sp³-hybridized carbons (Fsp3) is 0.625. The van der Waals surface area contributed by atoms with Crippen molar-refractivity contribution in [3.8, 4) is 5.75 Å². The summed E-state index contributed by atoms with van der Waals surface area (Å²) in [6.45, 7) is 8.07. The molecule has 1 aliphatic rings. The Hall–Kier alpha value is -0.580. The maximum absolute atomic E-state index is 6.01. The molecule has 1 aliphatic heterocycles. The van der Waals surface area contributed by atoms with Gasteiger partial charge in [-0.3, -0.25) is 0 Å². The van der Waals surface area contributed by atoms with Crippen LogP contribution in [0.3, 0.4) is 0 Å². The van der Waals surface area contributed by atoms with Gasteiger partial charge in [-0.05, 0) is 51.8 Å². The molecule has 2 atom stereocenters. The number of benzene rings is 1. The molecule has 20 heavy (non-hydrogen) atoms. The van der Waals surface area contributed by atoms with Gasteiger partial charge in [-0.25, -0.2) is 0 Å². The van der Waals surface area contributed by atoms with Crippen molar-refractivity contribution >= 4 is 15.9 Å². The van der Waals surface area contributed by atoms with Crippen molar-refractivity contribution in [3.63, 3.8) is 0 Å². The van der Waals surface area contributed by atoms with Gasteiger partial charge in [-0.2, -0.15) is 0 Å². The summed E-state index contributed by atoms with van der Waals surface area (Å²) in [5.41, 5.74) is 0.147. The van der Waals surface area contributed by atoms with Gasteiger partial charge in [0, 0.05) is 16.6 Å². The number of hydrogen-bond acceptors (Lipinski definition) is 3. The van der Waals surface area contributed by atoms with E-state index in [0.717, 1.165) is 29.6 Å². The topological polar surface area (TPSA) is 30.5 Å². The zero-order valence-corrected chi connectivity index (χ0v) is 14.1. The quantitative estimate of drug-likeness (QED) is 0.884. The first-order valence-corrected chi connectivity index (χ1v) is 8.00. The zero-order valence-electron chi connectivity index (χ0n) is 12.5. The summed E-state index contributed by atoms with van der Waals surface area (Å²) in [6.07, 6.45) is 2.70. The van der Waals surface area contributed by atoms with E-state index in [0.29, 0.717) is 12.7 Å². The minimum atomic E-state index is 0.147. The van der Waals surface area contributed by atoms with E-state index in [4.69, 9.17) is 9.47 Å². The van der Waals surface area contributed by atoms with Crippen LogP contribution in [0.1, 0.15) is 33.6 Å². The number of hydrogen-bond donors (Lipinski definition) is 1. The highest BCUT2D eigenvalue weighted by Gasteiger charge is 2.26. The van der Waals surface area contributed by atoms with Crippen LogP contribution in [-0.2, 0) is 4.74 Å². The minimum absolute atomic E-state index is 0.147. The molecule has 112 valence electrons. The van der Waals surface area contributed by atoms with Crippen molar-refractivity contribution in [1.29, 1.82) is 0 Å². The van der Waals surface area contributed by atoms with Crippen LogP contribution >= 0.6 is 15.9 Å². The Morgan fingerprint density at radius 3 is 2.75 bits per heavy atom. The van der Waals surface area contributed by atoms with Crippen LogP contribution in [0.25, 0.3) is 0 Å². The Balaban J connectivity index is 1.71. The maximum atomic E-state index is 6.01. The van der Waals surface area contributed by atoms with Gasteiger partial charge in [0.05, 0.1) is 12.2 Å². The highest BCUT2D eigenvalue weighted by molar-refractivity contribution is 9.10. The number of rotatable bonds is 5. The smallest absolute Gasteiger partial charge is 0.120 e. The van der Waals surface area contributed by atoms with Crippen molar-refractivity contribution in [2.24, 2.45) is 0 Å². The summed E-state index contributed by atoms with van der Waals surface area (Å²) < 4.78 is 12.8. The highest BCUT2D eigenvalue weighted by atomic mass is 79.9. The van der Waals surface area contributed by atoms with E-state index in [1.807, 2.05) is 24.3 Å². The lowest BCUT2D eigenvalue weighted by Gasteiger charge is -2.23. The van der Waals surface area contributed by atoms with Crippen LogP contribution in [0.4, 0.5) is 0 Å². The van der Waals surface area contributed by atoms with E-state index >= 15 is 0 Å². The average molecular weight is 342 g/mol. The molecule has 0 aliphatic carbocycles. The van der Waals surface area contributed by atoms with E-state index in [1.54, 1.807) is 0 Å². The SMILES string of the molecule is CC(C)(C)NCC1CCC(COc2cccc(Br)c2)O1.